The van der Waals surface area contributed by atoms with E-state index in [2.05, 4.69) is 54.3 Å². The van der Waals surface area contributed by atoms with Gasteiger partial charge in [-0.05, 0) is 100 Å². The summed E-state index contributed by atoms with van der Waals surface area (Å²) in [6, 6.07) is 20.7. The molecule has 2 aromatic rings. The molecule has 0 unspecified atom stereocenters. The largest absolute Gasteiger partial charge is 2.00 e. The van der Waals surface area contributed by atoms with Gasteiger partial charge in [-0.1, -0.05) is 60.4 Å². The van der Waals surface area contributed by atoms with E-state index in [1.54, 1.807) is 0 Å². The van der Waals surface area contributed by atoms with Gasteiger partial charge in [0.15, 0.2) is 0 Å². The second-order valence-electron chi connectivity index (χ2n) is 6.36. The van der Waals surface area contributed by atoms with Crippen LogP contribution in [0.1, 0.15) is 24.0 Å². The molecule has 0 atom stereocenters. The van der Waals surface area contributed by atoms with Crippen molar-refractivity contribution in [2.75, 3.05) is 0 Å². The average Bonchev–Trinajstić information content (AvgIpc) is 3.48. The quantitative estimate of drug-likeness (QED) is 0.445. The minimum Gasteiger partial charge on any atom is -0.0658 e. The molecule has 5 rings (SSSR count). The summed E-state index contributed by atoms with van der Waals surface area (Å²) in [6.07, 6.45) is 22.3. The zero-order valence-electron chi connectivity index (χ0n) is 16.5. The van der Waals surface area contributed by atoms with Crippen molar-refractivity contribution in [3.05, 3.63) is 142 Å². The minimum atomic E-state index is 0. The van der Waals surface area contributed by atoms with Crippen LogP contribution in [0.2, 0.25) is 0 Å². The van der Waals surface area contributed by atoms with Crippen LogP contribution in [0.15, 0.2) is 66.2 Å². The number of rotatable bonds is 1. The van der Waals surface area contributed by atoms with E-state index in [1.807, 2.05) is 82.4 Å². The molecule has 0 amide bonds. The first-order valence-corrected chi connectivity index (χ1v) is 9.61. The van der Waals surface area contributed by atoms with Crippen LogP contribution in [0.5, 0.6) is 0 Å². The second-order valence-corrected chi connectivity index (χ2v) is 6.36. The molecule has 0 bridgehead atoms. The molecule has 0 aliphatic heterocycles. The SMILES string of the molecule is C(#Cc1ccccc1)C1=C(c2ccccc2)CC1.[CH]1[CH][CH][CH][CH]1.[CH]1[CH][CH][CH][CH]1.[Zr+2]. The molecule has 138 valence electrons. The maximum Gasteiger partial charge on any atom is 2.00 e. The van der Waals surface area contributed by atoms with E-state index in [0.29, 0.717) is 0 Å². The monoisotopic (exact) mass is 450 g/mol. The third-order valence-corrected chi connectivity index (χ3v) is 4.35. The standard InChI is InChI=1S/C18H14.2C5H5.Zr/c1-3-7-15(8-4-1)11-12-17-13-14-18(17)16-9-5-2-6-10-16;2*1-2-4-5-3-1;/h1-10H,13-14H2;2*1-5H;/q;;;+2. The molecule has 0 nitrogen and oxygen atoms in total. The molecular weight excluding hydrogens is 428 g/mol. The molecule has 2 saturated carbocycles. The molecule has 29 heavy (non-hydrogen) atoms. The van der Waals surface area contributed by atoms with Gasteiger partial charge >= 0.3 is 26.2 Å². The molecule has 3 aliphatic carbocycles. The fraction of sp³-hybridized carbons (Fsp3) is 0.0714. The molecule has 2 aromatic carbocycles. The van der Waals surface area contributed by atoms with Gasteiger partial charge in [-0.2, -0.15) is 0 Å². The first-order chi connectivity index (χ1) is 13.9. The Bertz CT molecular complexity index is 744. The van der Waals surface area contributed by atoms with Gasteiger partial charge in [-0.3, -0.25) is 0 Å². The van der Waals surface area contributed by atoms with Crippen LogP contribution in [-0.4, -0.2) is 0 Å². The van der Waals surface area contributed by atoms with Crippen molar-refractivity contribution in [3.8, 4) is 11.8 Å². The van der Waals surface area contributed by atoms with Gasteiger partial charge in [-0.15, -0.1) is 0 Å². The van der Waals surface area contributed by atoms with E-state index in [-0.39, 0.29) is 26.2 Å². The third kappa shape index (κ3) is 8.88. The fourth-order valence-electron chi connectivity index (χ4n) is 2.78. The van der Waals surface area contributed by atoms with Gasteiger partial charge in [0, 0.05) is 11.1 Å². The van der Waals surface area contributed by atoms with E-state index in [1.165, 1.54) is 16.7 Å². The average molecular weight is 452 g/mol. The smallest absolute Gasteiger partial charge is 0.0658 e. The van der Waals surface area contributed by atoms with Crippen LogP contribution >= 0.6 is 0 Å². The molecule has 1 heteroatoms. The van der Waals surface area contributed by atoms with Crippen molar-refractivity contribution in [1.82, 2.24) is 0 Å². The summed E-state index contributed by atoms with van der Waals surface area (Å²) in [5, 5.41) is 0. The minimum absolute atomic E-state index is 0. The molecule has 10 radical (unpaired) electrons. The van der Waals surface area contributed by atoms with Gasteiger partial charge < -0.3 is 0 Å². The van der Waals surface area contributed by atoms with E-state index >= 15 is 0 Å². The summed E-state index contributed by atoms with van der Waals surface area (Å²) < 4.78 is 0. The number of hydrogen-bond acceptors (Lipinski definition) is 0. The maximum absolute atomic E-state index is 3.31. The molecule has 3 aliphatic rings. The van der Waals surface area contributed by atoms with E-state index in [9.17, 15) is 0 Å². The maximum atomic E-state index is 3.31. The predicted molar refractivity (Wildman–Crippen MR) is 119 cm³/mol. The molecule has 0 spiro atoms. The summed E-state index contributed by atoms with van der Waals surface area (Å²) in [5.74, 6) is 6.55. The van der Waals surface area contributed by atoms with Gasteiger partial charge in [-0.25, -0.2) is 0 Å². The first-order valence-electron chi connectivity index (χ1n) is 9.61. The van der Waals surface area contributed by atoms with Crippen molar-refractivity contribution in [3.63, 3.8) is 0 Å². The second kappa shape index (κ2) is 14.6. The van der Waals surface area contributed by atoms with Crippen molar-refractivity contribution in [1.29, 1.82) is 0 Å². The first kappa shape index (κ1) is 23.9. The Balaban J connectivity index is 0.000000223. The fourth-order valence-corrected chi connectivity index (χ4v) is 2.78. The molecule has 0 heterocycles. The molecule has 0 N–H and O–H groups in total. The Morgan fingerprint density at radius 2 is 0.931 bits per heavy atom. The Morgan fingerprint density at radius 1 is 0.483 bits per heavy atom. The summed E-state index contributed by atoms with van der Waals surface area (Å²) in [6.45, 7) is 0. The summed E-state index contributed by atoms with van der Waals surface area (Å²) >= 11 is 0. The Kier molecular flexibility index (Phi) is 12.0. The molecule has 0 aromatic heterocycles. The van der Waals surface area contributed by atoms with Gasteiger partial charge in [0.25, 0.3) is 0 Å². The number of benzene rings is 2. The van der Waals surface area contributed by atoms with Gasteiger partial charge in [0.05, 0.1) is 0 Å². The van der Waals surface area contributed by atoms with Crippen molar-refractivity contribution >= 4 is 5.57 Å². The van der Waals surface area contributed by atoms with Crippen molar-refractivity contribution in [2.45, 2.75) is 12.8 Å². The Labute approximate surface area is 197 Å². The van der Waals surface area contributed by atoms with Crippen LogP contribution in [0.25, 0.3) is 5.57 Å². The van der Waals surface area contributed by atoms with E-state index < -0.39 is 0 Å². The summed E-state index contributed by atoms with van der Waals surface area (Å²) in [4.78, 5) is 0. The van der Waals surface area contributed by atoms with Crippen LogP contribution in [0, 0.1) is 76.0 Å². The third-order valence-electron chi connectivity index (χ3n) is 4.35. The van der Waals surface area contributed by atoms with Crippen molar-refractivity contribution in [2.24, 2.45) is 0 Å². The Morgan fingerprint density at radius 3 is 1.34 bits per heavy atom. The topological polar surface area (TPSA) is 0 Å². The normalized spacial score (nSPS) is 16.7. The van der Waals surface area contributed by atoms with Crippen LogP contribution in [0.4, 0.5) is 0 Å². The van der Waals surface area contributed by atoms with Gasteiger partial charge in [0.2, 0.25) is 0 Å². The van der Waals surface area contributed by atoms with Gasteiger partial charge in [0.1, 0.15) is 0 Å². The predicted octanol–water partition coefficient (Wildman–Crippen LogP) is 6.33. The molecule has 0 saturated heterocycles. The van der Waals surface area contributed by atoms with E-state index in [0.717, 1.165) is 18.4 Å². The van der Waals surface area contributed by atoms with Crippen LogP contribution in [0.3, 0.4) is 0 Å². The van der Waals surface area contributed by atoms with E-state index in [4.69, 9.17) is 0 Å². The zero-order chi connectivity index (χ0) is 19.3. The Hall–Kier alpha value is -1.38. The zero-order valence-corrected chi connectivity index (χ0v) is 18.9. The summed E-state index contributed by atoms with van der Waals surface area (Å²) in [5.41, 5.74) is 5.12. The van der Waals surface area contributed by atoms with Crippen LogP contribution in [-0.2, 0) is 26.2 Å². The summed E-state index contributed by atoms with van der Waals surface area (Å²) in [7, 11) is 0. The number of allylic oxidation sites excluding steroid dienone is 2. The number of hydrogen-bond donors (Lipinski definition) is 0. The molecular formula is C28H24Zr+2. The van der Waals surface area contributed by atoms with Crippen molar-refractivity contribution < 1.29 is 26.2 Å². The van der Waals surface area contributed by atoms with Crippen LogP contribution < -0.4 is 0 Å². The molecule has 2 fully saturated rings.